The van der Waals surface area contributed by atoms with E-state index in [1.807, 2.05) is 44.2 Å². The number of halogens is 2. The highest BCUT2D eigenvalue weighted by molar-refractivity contribution is 14.0. The highest BCUT2D eigenvalue weighted by atomic mass is 127. The second-order valence-corrected chi connectivity index (χ2v) is 5.82. The number of benzene rings is 1. The Kier molecular flexibility index (Phi) is 9.07. The van der Waals surface area contributed by atoms with Gasteiger partial charge in [-0.2, -0.15) is 0 Å². The van der Waals surface area contributed by atoms with Gasteiger partial charge in [0.15, 0.2) is 5.96 Å². The Morgan fingerprint density at radius 1 is 1.29 bits per heavy atom. The van der Waals surface area contributed by atoms with Crippen LogP contribution in [-0.4, -0.2) is 17.5 Å². The van der Waals surface area contributed by atoms with Crippen LogP contribution in [0.3, 0.4) is 0 Å². The zero-order chi connectivity index (χ0) is 16.7. The average molecular weight is 459 g/mol. The molecule has 2 rings (SSSR count). The quantitative estimate of drug-likeness (QED) is 0.395. The molecule has 4 nitrogen and oxygen atoms in total. The molecule has 0 aliphatic heterocycles. The van der Waals surface area contributed by atoms with Gasteiger partial charge in [0.1, 0.15) is 0 Å². The molecule has 1 unspecified atom stereocenters. The predicted molar refractivity (Wildman–Crippen MR) is 112 cm³/mol. The van der Waals surface area contributed by atoms with Crippen LogP contribution in [0.1, 0.15) is 36.7 Å². The molecule has 0 aliphatic carbocycles. The molecule has 6 heteroatoms. The molecule has 0 bridgehead atoms. The summed E-state index contributed by atoms with van der Waals surface area (Å²) < 4.78 is 0. The minimum atomic E-state index is 0. The molecule has 1 atom stereocenters. The van der Waals surface area contributed by atoms with Crippen molar-refractivity contribution in [3.05, 3.63) is 64.4 Å². The lowest BCUT2D eigenvalue weighted by molar-refractivity contribution is 0.685. The molecule has 0 amide bonds. The Labute approximate surface area is 166 Å². The van der Waals surface area contributed by atoms with Crippen LogP contribution < -0.4 is 10.6 Å². The fourth-order valence-corrected chi connectivity index (χ4v) is 2.42. The first-order chi connectivity index (χ1) is 11.1. The minimum Gasteiger partial charge on any atom is -0.357 e. The summed E-state index contributed by atoms with van der Waals surface area (Å²) in [6, 6.07) is 11.9. The van der Waals surface area contributed by atoms with Gasteiger partial charge in [0.25, 0.3) is 0 Å². The van der Waals surface area contributed by atoms with Gasteiger partial charge in [0.2, 0.25) is 0 Å². The zero-order valence-electron chi connectivity index (χ0n) is 14.2. The third-order valence-corrected chi connectivity index (χ3v) is 3.79. The van der Waals surface area contributed by atoms with E-state index >= 15 is 0 Å². The maximum Gasteiger partial charge on any atom is 0.192 e. The van der Waals surface area contributed by atoms with E-state index in [0.717, 1.165) is 34.3 Å². The van der Waals surface area contributed by atoms with E-state index in [1.165, 1.54) is 0 Å². The van der Waals surface area contributed by atoms with E-state index in [0.29, 0.717) is 6.54 Å². The molecule has 0 fully saturated rings. The van der Waals surface area contributed by atoms with Crippen LogP contribution in [0.15, 0.2) is 47.6 Å². The highest BCUT2D eigenvalue weighted by Gasteiger charge is 2.08. The normalized spacial score (nSPS) is 12.2. The molecule has 24 heavy (non-hydrogen) atoms. The van der Waals surface area contributed by atoms with Crippen molar-refractivity contribution in [1.29, 1.82) is 0 Å². The van der Waals surface area contributed by atoms with E-state index in [-0.39, 0.29) is 30.0 Å². The van der Waals surface area contributed by atoms with Crippen molar-refractivity contribution in [2.45, 2.75) is 33.4 Å². The third kappa shape index (κ3) is 6.28. The van der Waals surface area contributed by atoms with Gasteiger partial charge in [-0.3, -0.25) is 4.98 Å². The highest BCUT2D eigenvalue weighted by Crippen LogP contribution is 2.17. The van der Waals surface area contributed by atoms with Gasteiger partial charge >= 0.3 is 0 Å². The van der Waals surface area contributed by atoms with Gasteiger partial charge in [0, 0.05) is 17.8 Å². The van der Waals surface area contributed by atoms with Gasteiger partial charge in [-0.15, -0.1) is 24.0 Å². The van der Waals surface area contributed by atoms with Crippen molar-refractivity contribution in [1.82, 2.24) is 15.6 Å². The van der Waals surface area contributed by atoms with Crippen molar-refractivity contribution in [2.75, 3.05) is 6.54 Å². The van der Waals surface area contributed by atoms with Crippen molar-refractivity contribution in [3.8, 4) is 0 Å². The molecule has 0 saturated carbocycles. The van der Waals surface area contributed by atoms with Crippen LogP contribution in [0.5, 0.6) is 0 Å². The Balaban J connectivity index is 0.00000288. The molecule has 0 saturated heterocycles. The molecule has 1 aromatic carbocycles. The summed E-state index contributed by atoms with van der Waals surface area (Å²) in [6.45, 7) is 7.53. The second-order valence-electron chi connectivity index (χ2n) is 5.38. The number of hydrogen-bond acceptors (Lipinski definition) is 2. The van der Waals surface area contributed by atoms with E-state index < -0.39 is 0 Å². The van der Waals surface area contributed by atoms with Crippen LogP contribution in [0.2, 0.25) is 5.02 Å². The van der Waals surface area contributed by atoms with Crippen molar-refractivity contribution < 1.29 is 0 Å². The molecule has 1 heterocycles. The number of rotatable bonds is 5. The molecule has 2 aromatic rings. The standard InChI is InChI=1S/C18H23ClN4.HI/c1-4-20-18(22-12-17-13(2)7-6-10-21-17)23-14(3)15-8-5-9-16(19)11-15;/h5-11,14H,4,12H2,1-3H3,(H2,20,22,23);1H. The molecule has 1 aromatic heterocycles. The lowest BCUT2D eigenvalue weighted by atomic mass is 10.1. The average Bonchev–Trinajstić information content (AvgIpc) is 2.54. The van der Waals surface area contributed by atoms with Crippen molar-refractivity contribution in [2.24, 2.45) is 4.99 Å². The summed E-state index contributed by atoms with van der Waals surface area (Å²) in [5, 5.41) is 7.41. The molecule has 0 spiro atoms. The van der Waals surface area contributed by atoms with Gasteiger partial charge in [-0.05, 0) is 50.1 Å². The fourth-order valence-electron chi connectivity index (χ4n) is 2.22. The Morgan fingerprint density at radius 2 is 2.08 bits per heavy atom. The number of aliphatic imine (C=N–C) groups is 1. The first-order valence-electron chi connectivity index (χ1n) is 7.81. The lowest BCUT2D eigenvalue weighted by Crippen LogP contribution is -2.38. The number of nitrogens with one attached hydrogen (secondary N) is 2. The van der Waals surface area contributed by atoms with Gasteiger partial charge in [-0.1, -0.05) is 29.8 Å². The van der Waals surface area contributed by atoms with Gasteiger partial charge in [-0.25, -0.2) is 4.99 Å². The Hall–Kier alpha value is -1.34. The number of guanidine groups is 1. The summed E-state index contributed by atoms with van der Waals surface area (Å²) in [6.07, 6.45) is 1.80. The smallest absolute Gasteiger partial charge is 0.192 e. The summed E-state index contributed by atoms with van der Waals surface area (Å²) in [7, 11) is 0. The predicted octanol–water partition coefficient (Wildman–Crippen LogP) is 4.48. The number of nitrogens with zero attached hydrogens (tertiary/aromatic N) is 2. The monoisotopic (exact) mass is 458 g/mol. The van der Waals surface area contributed by atoms with Crippen LogP contribution >= 0.6 is 35.6 Å². The van der Waals surface area contributed by atoms with Crippen molar-refractivity contribution in [3.63, 3.8) is 0 Å². The second kappa shape index (κ2) is 10.5. The van der Waals surface area contributed by atoms with E-state index in [4.69, 9.17) is 11.6 Å². The van der Waals surface area contributed by atoms with E-state index in [2.05, 4.69) is 33.6 Å². The summed E-state index contributed by atoms with van der Waals surface area (Å²) >= 11 is 6.06. The Morgan fingerprint density at radius 3 is 2.75 bits per heavy atom. The maximum atomic E-state index is 6.06. The topological polar surface area (TPSA) is 49.3 Å². The van der Waals surface area contributed by atoms with Gasteiger partial charge in [0.05, 0.1) is 18.3 Å². The lowest BCUT2D eigenvalue weighted by Gasteiger charge is -2.18. The number of hydrogen-bond donors (Lipinski definition) is 2. The third-order valence-electron chi connectivity index (χ3n) is 3.55. The summed E-state index contributed by atoms with van der Waals surface area (Å²) in [5.74, 6) is 0.769. The van der Waals surface area contributed by atoms with Crippen LogP contribution in [0.25, 0.3) is 0 Å². The summed E-state index contributed by atoms with van der Waals surface area (Å²) in [4.78, 5) is 9.01. The summed E-state index contributed by atoms with van der Waals surface area (Å²) in [5.41, 5.74) is 3.26. The first kappa shape index (κ1) is 20.7. The number of aryl methyl sites for hydroxylation is 1. The molecular formula is C18H24ClIN4. The first-order valence-corrected chi connectivity index (χ1v) is 8.18. The van der Waals surface area contributed by atoms with Gasteiger partial charge < -0.3 is 10.6 Å². The minimum absolute atomic E-state index is 0. The molecular weight excluding hydrogens is 435 g/mol. The Bertz CT molecular complexity index is 676. The maximum absolute atomic E-state index is 6.06. The molecule has 130 valence electrons. The van der Waals surface area contributed by atoms with Crippen LogP contribution in [-0.2, 0) is 6.54 Å². The number of pyridine rings is 1. The SMILES string of the molecule is CCNC(=NCc1ncccc1C)NC(C)c1cccc(Cl)c1.I. The molecule has 0 aliphatic rings. The van der Waals surface area contributed by atoms with Crippen LogP contribution in [0.4, 0.5) is 0 Å². The zero-order valence-corrected chi connectivity index (χ0v) is 17.3. The van der Waals surface area contributed by atoms with E-state index in [1.54, 1.807) is 6.20 Å². The molecule has 2 N–H and O–H groups in total. The van der Waals surface area contributed by atoms with E-state index in [9.17, 15) is 0 Å². The van der Waals surface area contributed by atoms with Crippen LogP contribution in [0, 0.1) is 6.92 Å². The van der Waals surface area contributed by atoms with Crippen molar-refractivity contribution >= 4 is 41.5 Å². The largest absolute Gasteiger partial charge is 0.357 e. The fraction of sp³-hybridized carbons (Fsp3) is 0.333. The molecule has 0 radical (unpaired) electrons. The number of aromatic nitrogens is 1.